The van der Waals surface area contributed by atoms with Gasteiger partial charge in [-0.25, -0.2) is 0 Å². The number of piperidine rings is 1. The van der Waals surface area contributed by atoms with Gasteiger partial charge in [0.05, 0.1) is 6.04 Å². The zero-order valence-corrected chi connectivity index (χ0v) is 20.7. The minimum atomic E-state index is -0.223. The second kappa shape index (κ2) is 10.1. The lowest BCUT2D eigenvalue weighted by atomic mass is 9.94. The Morgan fingerprint density at radius 2 is 1.94 bits per heavy atom. The van der Waals surface area contributed by atoms with Gasteiger partial charge in [-0.15, -0.1) is 11.8 Å². The lowest BCUT2D eigenvalue weighted by Gasteiger charge is -2.43. The molecule has 0 bridgehead atoms. The maximum Gasteiger partial charge on any atom is 0.237 e. The predicted octanol–water partition coefficient (Wildman–Crippen LogP) is 3.50. The van der Waals surface area contributed by atoms with Crippen LogP contribution in [0.15, 0.2) is 53.9 Å². The Hall–Kier alpha value is -2.32. The highest BCUT2D eigenvalue weighted by atomic mass is 35.5. The molecule has 34 heavy (non-hydrogen) atoms. The van der Waals surface area contributed by atoms with Gasteiger partial charge in [0, 0.05) is 30.6 Å². The molecule has 2 aromatic carbocycles. The summed E-state index contributed by atoms with van der Waals surface area (Å²) in [6, 6.07) is 15.9. The van der Waals surface area contributed by atoms with E-state index >= 15 is 0 Å². The van der Waals surface area contributed by atoms with Crippen molar-refractivity contribution in [3.8, 4) is 0 Å². The van der Waals surface area contributed by atoms with Gasteiger partial charge in [0.25, 0.3) is 0 Å². The minimum absolute atomic E-state index is 0.0135. The highest BCUT2D eigenvalue weighted by Gasteiger charge is 2.44. The number of nitrogens with zero attached hydrogens (tertiary/aromatic N) is 1. The number of rotatable bonds is 5. The molecule has 3 heterocycles. The number of hydrogen-bond acceptors (Lipinski definition) is 5. The van der Waals surface area contributed by atoms with Crippen LogP contribution < -0.4 is 16.0 Å². The van der Waals surface area contributed by atoms with Gasteiger partial charge in [-0.2, -0.15) is 0 Å². The number of fused-ring (bicyclic) bond motifs is 1. The molecule has 0 radical (unpaired) electrons. The van der Waals surface area contributed by atoms with Crippen LogP contribution in [-0.2, 0) is 16.1 Å². The van der Waals surface area contributed by atoms with Crippen LogP contribution in [0.2, 0.25) is 5.02 Å². The average molecular weight is 497 g/mol. The SMILES string of the molecule is Cc1cccc(C2=CSC3C(=O)NC(N4CCC(C(=O)NCc5ccc(Cl)cc5)CC4)NC23)c1. The number of nitrogens with one attached hydrogen (secondary N) is 3. The van der Waals surface area contributed by atoms with E-state index in [1.165, 1.54) is 11.1 Å². The Bertz CT molecular complexity index is 1100. The van der Waals surface area contributed by atoms with Crippen molar-refractivity contribution < 1.29 is 9.59 Å². The van der Waals surface area contributed by atoms with Gasteiger partial charge in [0.15, 0.2) is 0 Å². The highest BCUT2D eigenvalue weighted by Crippen LogP contribution is 2.39. The van der Waals surface area contributed by atoms with Crippen LogP contribution >= 0.6 is 23.4 Å². The maximum absolute atomic E-state index is 12.9. The molecule has 2 amide bonds. The van der Waals surface area contributed by atoms with Crippen molar-refractivity contribution in [1.29, 1.82) is 0 Å². The molecular formula is C26H29ClN4O2S. The Morgan fingerprint density at radius 1 is 1.18 bits per heavy atom. The lowest BCUT2D eigenvalue weighted by Crippen LogP contribution is -2.68. The Kier molecular flexibility index (Phi) is 6.97. The number of hydrogen-bond donors (Lipinski definition) is 3. The molecule has 3 atom stereocenters. The summed E-state index contributed by atoms with van der Waals surface area (Å²) in [6.07, 6.45) is 1.31. The monoisotopic (exact) mass is 496 g/mol. The minimum Gasteiger partial charge on any atom is -0.352 e. The van der Waals surface area contributed by atoms with Crippen molar-refractivity contribution in [2.45, 2.75) is 43.9 Å². The van der Waals surface area contributed by atoms with Crippen molar-refractivity contribution >= 4 is 40.8 Å². The molecule has 3 aliphatic heterocycles. The molecule has 0 aliphatic carbocycles. The van der Waals surface area contributed by atoms with Crippen LogP contribution in [0.3, 0.4) is 0 Å². The molecule has 0 saturated carbocycles. The van der Waals surface area contributed by atoms with E-state index in [-0.39, 0.29) is 35.3 Å². The van der Waals surface area contributed by atoms with Crippen LogP contribution in [0.5, 0.6) is 0 Å². The van der Waals surface area contributed by atoms with Crippen molar-refractivity contribution in [3.63, 3.8) is 0 Å². The third kappa shape index (κ3) is 5.03. The highest BCUT2D eigenvalue weighted by molar-refractivity contribution is 8.04. The van der Waals surface area contributed by atoms with Gasteiger partial charge in [0.2, 0.25) is 11.8 Å². The Balaban J connectivity index is 1.16. The molecule has 2 fully saturated rings. The topological polar surface area (TPSA) is 73.5 Å². The first kappa shape index (κ1) is 23.4. The van der Waals surface area contributed by atoms with Gasteiger partial charge in [-0.3, -0.25) is 19.8 Å². The molecule has 0 spiro atoms. The second-order valence-corrected chi connectivity index (χ2v) is 10.7. The van der Waals surface area contributed by atoms with E-state index in [9.17, 15) is 9.59 Å². The van der Waals surface area contributed by atoms with Gasteiger partial charge in [0.1, 0.15) is 11.5 Å². The number of halogens is 1. The smallest absolute Gasteiger partial charge is 0.237 e. The number of thioether (sulfide) groups is 1. The number of likely N-dealkylation sites (tertiary alicyclic amines) is 1. The molecule has 0 aromatic heterocycles. The van der Waals surface area contributed by atoms with E-state index in [0.29, 0.717) is 11.6 Å². The standard InChI is InChI=1S/C26H29ClN4O2S/c1-16-3-2-4-19(13-16)21-15-34-23-22(21)29-26(30-25(23)33)31-11-9-18(10-12-31)24(32)28-14-17-5-7-20(27)8-6-17/h2-8,13,15,18,22-23,26,29H,9-12,14H2,1H3,(H,28,32)(H,30,33). The van der Waals surface area contributed by atoms with Crippen LogP contribution in [-0.4, -0.2) is 47.4 Å². The summed E-state index contributed by atoms with van der Waals surface area (Å²) in [7, 11) is 0. The molecule has 8 heteroatoms. The fourth-order valence-electron chi connectivity index (χ4n) is 4.91. The third-order valence-corrected chi connectivity index (χ3v) is 8.27. The van der Waals surface area contributed by atoms with E-state index < -0.39 is 0 Å². The average Bonchev–Trinajstić information content (AvgIpc) is 3.28. The van der Waals surface area contributed by atoms with E-state index in [4.69, 9.17) is 11.6 Å². The number of aryl methyl sites for hydroxylation is 1. The normalized spacial score (nSPS) is 25.4. The van der Waals surface area contributed by atoms with Gasteiger partial charge < -0.3 is 10.6 Å². The summed E-state index contributed by atoms with van der Waals surface area (Å²) < 4.78 is 0. The van der Waals surface area contributed by atoms with Gasteiger partial charge in [-0.05, 0) is 54.0 Å². The molecule has 2 saturated heterocycles. The molecule has 178 valence electrons. The molecule has 3 unspecified atom stereocenters. The second-order valence-electron chi connectivity index (χ2n) is 9.21. The quantitative estimate of drug-likeness (QED) is 0.591. The van der Waals surface area contributed by atoms with Gasteiger partial charge in [-0.1, -0.05) is 53.6 Å². The fraction of sp³-hybridized carbons (Fsp3) is 0.385. The van der Waals surface area contributed by atoms with E-state index in [1.807, 2.05) is 24.3 Å². The van der Waals surface area contributed by atoms with Crippen molar-refractivity contribution in [1.82, 2.24) is 20.9 Å². The number of carbonyl (C=O) groups excluding carboxylic acids is 2. The Morgan fingerprint density at radius 3 is 2.68 bits per heavy atom. The summed E-state index contributed by atoms with van der Waals surface area (Å²) >= 11 is 7.52. The van der Waals surface area contributed by atoms with Crippen molar-refractivity contribution in [2.75, 3.05) is 13.1 Å². The molecule has 2 aromatic rings. The zero-order valence-electron chi connectivity index (χ0n) is 19.1. The van der Waals surface area contributed by atoms with Crippen molar-refractivity contribution in [3.05, 3.63) is 75.7 Å². The predicted molar refractivity (Wildman–Crippen MR) is 137 cm³/mol. The summed E-state index contributed by atoms with van der Waals surface area (Å²) in [5.74, 6) is 0.146. The Labute approximate surface area is 209 Å². The summed E-state index contributed by atoms with van der Waals surface area (Å²) in [5.41, 5.74) is 4.58. The number of amides is 2. The zero-order chi connectivity index (χ0) is 23.7. The van der Waals surface area contributed by atoms with E-state index in [0.717, 1.165) is 37.1 Å². The summed E-state index contributed by atoms with van der Waals surface area (Å²) in [5, 5.41) is 12.5. The molecule has 5 rings (SSSR count). The van der Waals surface area contributed by atoms with Crippen molar-refractivity contribution in [2.24, 2.45) is 5.92 Å². The van der Waals surface area contributed by atoms with Crippen LogP contribution in [0, 0.1) is 12.8 Å². The van der Waals surface area contributed by atoms with E-state index in [2.05, 4.69) is 57.4 Å². The van der Waals surface area contributed by atoms with E-state index in [1.54, 1.807) is 11.8 Å². The third-order valence-electron chi connectivity index (χ3n) is 6.85. The first-order chi connectivity index (χ1) is 16.5. The lowest BCUT2D eigenvalue weighted by molar-refractivity contribution is -0.129. The summed E-state index contributed by atoms with van der Waals surface area (Å²) in [6.45, 7) is 4.10. The molecule has 6 nitrogen and oxygen atoms in total. The first-order valence-corrected chi connectivity index (χ1v) is 13.1. The van der Waals surface area contributed by atoms with Gasteiger partial charge >= 0.3 is 0 Å². The van der Waals surface area contributed by atoms with Crippen LogP contribution in [0.25, 0.3) is 5.57 Å². The summed E-state index contributed by atoms with van der Waals surface area (Å²) in [4.78, 5) is 27.8. The largest absolute Gasteiger partial charge is 0.352 e. The van der Waals surface area contributed by atoms with Crippen LogP contribution in [0.4, 0.5) is 0 Å². The number of benzene rings is 2. The molecule has 3 aliphatic rings. The molecular weight excluding hydrogens is 468 g/mol. The molecule has 3 N–H and O–H groups in total. The maximum atomic E-state index is 12.9. The number of carbonyl (C=O) groups is 2. The van der Waals surface area contributed by atoms with Crippen LogP contribution in [0.1, 0.15) is 29.5 Å². The fourth-order valence-corrected chi connectivity index (χ4v) is 6.18. The first-order valence-electron chi connectivity index (χ1n) is 11.7.